The normalized spacial score (nSPS) is 12.6. The molecule has 0 fully saturated rings. The number of hydrogen-bond donors (Lipinski definition) is 1. The highest BCUT2D eigenvalue weighted by Crippen LogP contribution is 2.10. The topological polar surface area (TPSA) is 32.3 Å². The molecule has 0 aromatic heterocycles. The monoisotopic (exact) mass is 284 g/mol. The van der Waals surface area contributed by atoms with Gasteiger partial charge in [0, 0.05) is 22.6 Å². The second kappa shape index (κ2) is 6.01. The Morgan fingerprint density at radius 3 is 2.44 bits per heavy atom. The van der Waals surface area contributed by atoms with E-state index in [0.29, 0.717) is 18.2 Å². The number of benzene rings is 1. The summed E-state index contributed by atoms with van der Waals surface area (Å²) in [5, 5.41) is 2.90. The van der Waals surface area contributed by atoms with Gasteiger partial charge in [-0.1, -0.05) is 15.9 Å². The number of nitrogens with zero attached hydrogens (tertiary/aromatic N) is 1. The Balaban J connectivity index is 2.50. The van der Waals surface area contributed by atoms with Gasteiger partial charge in [0.25, 0.3) is 5.91 Å². The van der Waals surface area contributed by atoms with E-state index in [-0.39, 0.29) is 5.91 Å². The molecule has 16 heavy (non-hydrogen) atoms. The van der Waals surface area contributed by atoms with Crippen LogP contribution in [0.1, 0.15) is 17.3 Å². The summed E-state index contributed by atoms with van der Waals surface area (Å²) in [5.74, 6) is -0.0267. The third-order valence-corrected chi connectivity index (χ3v) is 3.07. The first kappa shape index (κ1) is 13.2. The van der Waals surface area contributed by atoms with E-state index in [2.05, 4.69) is 33.1 Å². The zero-order chi connectivity index (χ0) is 12.1. The molecule has 1 aromatic rings. The molecule has 0 aliphatic heterocycles. The highest BCUT2D eigenvalue weighted by atomic mass is 79.9. The number of nitrogens with one attached hydrogen (secondary N) is 1. The Hall–Kier alpha value is -0.870. The molecule has 1 aromatic carbocycles. The van der Waals surface area contributed by atoms with Crippen molar-refractivity contribution < 1.29 is 4.79 Å². The van der Waals surface area contributed by atoms with Crippen molar-refractivity contribution >= 4 is 21.8 Å². The number of likely N-dealkylation sites (N-methyl/N-ethyl adjacent to an activating group) is 1. The molecular weight excluding hydrogens is 268 g/mol. The second-order valence-electron chi connectivity index (χ2n) is 4.03. The molecule has 1 amide bonds. The van der Waals surface area contributed by atoms with Crippen LogP contribution in [0.25, 0.3) is 0 Å². The third-order valence-electron chi connectivity index (χ3n) is 2.55. The number of carbonyl (C=O) groups is 1. The number of carbonyl (C=O) groups excluding carboxylic acids is 1. The van der Waals surface area contributed by atoms with Crippen molar-refractivity contribution in [2.45, 2.75) is 13.0 Å². The van der Waals surface area contributed by atoms with Gasteiger partial charge in [-0.15, -0.1) is 0 Å². The summed E-state index contributed by atoms with van der Waals surface area (Å²) in [6, 6.07) is 7.67. The average Bonchev–Trinajstić information content (AvgIpc) is 2.26. The maximum absolute atomic E-state index is 11.7. The van der Waals surface area contributed by atoms with E-state index >= 15 is 0 Å². The van der Waals surface area contributed by atoms with Crippen molar-refractivity contribution in [2.75, 3.05) is 20.6 Å². The van der Waals surface area contributed by atoms with Crippen LogP contribution in [0.4, 0.5) is 0 Å². The lowest BCUT2D eigenvalue weighted by molar-refractivity contribution is 0.0943. The Kier molecular flexibility index (Phi) is 4.96. The molecule has 1 N–H and O–H groups in total. The van der Waals surface area contributed by atoms with Crippen LogP contribution in [0.3, 0.4) is 0 Å². The van der Waals surface area contributed by atoms with Crippen LogP contribution in [-0.4, -0.2) is 37.5 Å². The highest BCUT2D eigenvalue weighted by molar-refractivity contribution is 9.10. The molecule has 0 aliphatic carbocycles. The van der Waals surface area contributed by atoms with E-state index in [0.717, 1.165) is 4.47 Å². The first-order chi connectivity index (χ1) is 7.50. The van der Waals surface area contributed by atoms with Gasteiger partial charge in [0.1, 0.15) is 0 Å². The van der Waals surface area contributed by atoms with E-state index in [4.69, 9.17) is 0 Å². The van der Waals surface area contributed by atoms with Gasteiger partial charge in [-0.05, 0) is 45.3 Å². The van der Waals surface area contributed by atoms with E-state index in [1.165, 1.54) is 0 Å². The Morgan fingerprint density at radius 1 is 1.38 bits per heavy atom. The molecule has 4 heteroatoms. The second-order valence-corrected chi connectivity index (χ2v) is 4.95. The van der Waals surface area contributed by atoms with Crippen molar-refractivity contribution in [2.24, 2.45) is 0 Å². The fourth-order valence-corrected chi connectivity index (χ4v) is 1.39. The van der Waals surface area contributed by atoms with Crippen LogP contribution >= 0.6 is 15.9 Å². The van der Waals surface area contributed by atoms with E-state index < -0.39 is 0 Å². The fourth-order valence-electron chi connectivity index (χ4n) is 1.13. The fraction of sp³-hybridized carbons (Fsp3) is 0.417. The molecule has 1 rings (SSSR count). The summed E-state index contributed by atoms with van der Waals surface area (Å²) in [4.78, 5) is 13.8. The summed E-state index contributed by atoms with van der Waals surface area (Å²) in [7, 11) is 3.99. The van der Waals surface area contributed by atoms with Gasteiger partial charge >= 0.3 is 0 Å². The number of halogens is 1. The lowest BCUT2D eigenvalue weighted by atomic mass is 10.2. The van der Waals surface area contributed by atoms with Crippen molar-refractivity contribution in [1.29, 1.82) is 0 Å². The minimum atomic E-state index is -0.0267. The standard InChI is InChI=1S/C12H17BrN2O/c1-9(15(2)3)8-14-12(16)10-4-6-11(13)7-5-10/h4-7,9H,8H2,1-3H3,(H,14,16). The lowest BCUT2D eigenvalue weighted by Crippen LogP contribution is -2.38. The van der Waals surface area contributed by atoms with Gasteiger partial charge in [-0.25, -0.2) is 0 Å². The van der Waals surface area contributed by atoms with Gasteiger partial charge in [0.15, 0.2) is 0 Å². The zero-order valence-electron chi connectivity index (χ0n) is 9.83. The van der Waals surface area contributed by atoms with Gasteiger partial charge in [0.2, 0.25) is 0 Å². The molecule has 3 nitrogen and oxygen atoms in total. The minimum absolute atomic E-state index is 0.0267. The smallest absolute Gasteiger partial charge is 0.251 e. The largest absolute Gasteiger partial charge is 0.350 e. The Bertz CT molecular complexity index is 349. The van der Waals surface area contributed by atoms with Gasteiger partial charge < -0.3 is 10.2 Å². The summed E-state index contributed by atoms with van der Waals surface area (Å²) in [5.41, 5.74) is 0.689. The molecule has 0 aliphatic rings. The number of rotatable bonds is 4. The first-order valence-corrected chi connectivity index (χ1v) is 6.00. The SMILES string of the molecule is CC(CNC(=O)c1ccc(Br)cc1)N(C)C. The van der Waals surface area contributed by atoms with Crippen LogP contribution in [0, 0.1) is 0 Å². The third kappa shape index (κ3) is 3.94. The Labute approximate surface area is 105 Å². The van der Waals surface area contributed by atoms with Crippen molar-refractivity contribution in [3.05, 3.63) is 34.3 Å². The predicted molar refractivity (Wildman–Crippen MR) is 69.6 cm³/mol. The Morgan fingerprint density at radius 2 is 1.94 bits per heavy atom. The summed E-state index contributed by atoms with van der Waals surface area (Å²) < 4.78 is 0.978. The quantitative estimate of drug-likeness (QED) is 0.919. The molecule has 0 saturated heterocycles. The summed E-state index contributed by atoms with van der Waals surface area (Å²) in [6.07, 6.45) is 0. The first-order valence-electron chi connectivity index (χ1n) is 5.21. The summed E-state index contributed by atoms with van der Waals surface area (Å²) in [6.45, 7) is 2.73. The van der Waals surface area contributed by atoms with Crippen LogP contribution in [0.5, 0.6) is 0 Å². The minimum Gasteiger partial charge on any atom is -0.350 e. The van der Waals surface area contributed by atoms with Crippen LogP contribution in [0.15, 0.2) is 28.7 Å². The molecule has 0 bridgehead atoms. The molecule has 1 atom stereocenters. The number of hydrogen-bond acceptors (Lipinski definition) is 2. The van der Waals surface area contributed by atoms with Crippen LogP contribution in [0.2, 0.25) is 0 Å². The average molecular weight is 285 g/mol. The van der Waals surface area contributed by atoms with Crippen molar-refractivity contribution in [3.63, 3.8) is 0 Å². The molecule has 0 saturated carbocycles. The van der Waals surface area contributed by atoms with Crippen molar-refractivity contribution in [1.82, 2.24) is 10.2 Å². The number of amides is 1. The van der Waals surface area contributed by atoms with Crippen LogP contribution in [-0.2, 0) is 0 Å². The van der Waals surface area contributed by atoms with Gasteiger partial charge in [-0.2, -0.15) is 0 Å². The maximum atomic E-state index is 11.7. The van der Waals surface area contributed by atoms with Crippen molar-refractivity contribution in [3.8, 4) is 0 Å². The molecular formula is C12H17BrN2O. The van der Waals surface area contributed by atoms with E-state index in [1.54, 1.807) is 12.1 Å². The predicted octanol–water partition coefficient (Wildman–Crippen LogP) is 2.13. The van der Waals surface area contributed by atoms with E-state index in [9.17, 15) is 4.79 Å². The highest BCUT2D eigenvalue weighted by Gasteiger charge is 2.08. The van der Waals surface area contributed by atoms with Gasteiger partial charge in [0.05, 0.1) is 0 Å². The molecule has 0 heterocycles. The molecule has 88 valence electrons. The maximum Gasteiger partial charge on any atom is 0.251 e. The van der Waals surface area contributed by atoms with Crippen LogP contribution < -0.4 is 5.32 Å². The zero-order valence-corrected chi connectivity index (χ0v) is 11.4. The lowest BCUT2D eigenvalue weighted by Gasteiger charge is -2.19. The molecule has 0 radical (unpaired) electrons. The molecule has 0 spiro atoms. The van der Waals surface area contributed by atoms with E-state index in [1.807, 2.05) is 26.2 Å². The summed E-state index contributed by atoms with van der Waals surface area (Å²) >= 11 is 3.34. The molecule has 1 unspecified atom stereocenters. The van der Waals surface area contributed by atoms with Gasteiger partial charge in [-0.3, -0.25) is 4.79 Å².